The van der Waals surface area contributed by atoms with Crippen LogP contribution in [0.3, 0.4) is 0 Å². The number of likely N-dealkylation sites (tertiary alicyclic amines) is 1. The lowest BCUT2D eigenvalue weighted by molar-refractivity contribution is -0.145. The molecule has 0 saturated carbocycles. The summed E-state index contributed by atoms with van der Waals surface area (Å²) in [6.45, 7) is 0.754. The molecule has 2 heterocycles. The minimum Gasteiger partial charge on any atom is -0.493 e. The van der Waals surface area contributed by atoms with Crippen molar-refractivity contribution in [2.24, 2.45) is 0 Å². The summed E-state index contributed by atoms with van der Waals surface area (Å²) in [7, 11) is 3.24. The number of thiophene rings is 1. The summed E-state index contributed by atoms with van der Waals surface area (Å²) >= 11 is 1.72. The Labute approximate surface area is 174 Å². The molecule has 1 fully saturated rings. The molecule has 1 aromatic heterocycles. The molecule has 2 atom stereocenters. The van der Waals surface area contributed by atoms with Gasteiger partial charge in [0.2, 0.25) is 0 Å². The van der Waals surface area contributed by atoms with Crippen LogP contribution in [0.4, 0.5) is 0 Å². The Balaban J connectivity index is 1.85. The lowest BCUT2D eigenvalue weighted by Gasteiger charge is -2.39. The Bertz CT molecular complexity index is 982. The van der Waals surface area contributed by atoms with Crippen LogP contribution in [0.5, 0.6) is 11.5 Å². The first-order chi connectivity index (χ1) is 14.1. The van der Waals surface area contributed by atoms with Gasteiger partial charge in [0.25, 0.3) is 0 Å². The summed E-state index contributed by atoms with van der Waals surface area (Å²) in [4.78, 5) is 15.3. The average Bonchev–Trinajstić information content (AvgIpc) is 3.17. The molecule has 2 aromatic carbocycles. The molecule has 0 bridgehead atoms. The van der Waals surface area contributed by atoms with Crippen molar-refractivity contribution in [1.29, 1.82) is 0 Å². The van der Waals surface area contributed by atoms with Crippen molar-refractivity contribution >= 4 is 27.4 Å². The SMILES string of the molecule is COc1ccc(C(c2cc3ccccc3s2)N2CCCCC2C(=O)O)cc1OC. The van der Waals surface area contributed by atoms with Crippen LogP contribution in [0.1, 0.15) is 35.7 Å². The van der Waals surface area contributed by atoms with Crippen molar-refractivity contribution < 1.29 is 19.4 Å². The van der Waals surface area contributed by atoms with E-state index in [1.54, 1.807) is 25.6 Å². The smallest absolute Gasteiger partial charge is 0.320 e. The van der Waals surface area contributed by atoms with Crippen molar-refractivity contribution in [3.05, 3.63) is 59.0 Å². The molecule has 152 valence electrons. The van der Waals surface area contributed by atoms with Gasteiger partial charge in [0.15, 0.2) is 11.5 Å². The second-order valence-electron chi connectivity index (χ2n) is 7.29. The molecule has 0 amide bonds. The minimum atomic E-state index is -0.753. The number of methoxy groups -OCH3 is 2. The van der Waals surface area contributed by atoms with Crippen LogP contribution in [0, 0.1) is 0 Å². The molecule has 1 aliphatic heterocycles. The van der Waals surface area contributed by atoms with E-state index in [-0.39, 0.29) is 6.04 Å². The Morgan fingerprint density at radius 2 is 1.90 bits per heavy atom. The molecular weight excluding hydrogens is 386 g/mol. The first kappa shape index (κ1) is 19.7. The van der Waals surface area contributed by atoms with E-state index >= 15 is 0 Å². The molecule has 3 aromatic rings. The molecule has 4 rings (SSSR count). The minimum absolute atomic E-state index is 0.145. The number of carboxylic acid groups (broad SMARTS) is 1. The van der Waals surface area contributed by atoms with Crippen molar-refractivity contribution in [3.8, 4) is 11.5 Å². The molecule has 6 heteroatoms. The number of carbonyl (C=O) groups is 1. The van der Waals surface area contributed by atoms with Gasteiger partial charge in [0, 0.05) is 9.58 Å². The van der Waals surface area contributed by atoms with E-state index in [1.807, 2.05) is 30.3 Å². The summed E-state index contributed by atoms with van der Waals surface area (Å²) in [6.07, 6.45) is 2.61. The third-order valence-corrected chi connectivity index (χ3v) is 6.77. The highest BCUT2D eigenvalue weighted by Gasteiger charge is 2.36. The number of aliphatic carboxylic acids is 1. The normalized spacial score (nSPS) is 18.5. The molecule has 0 spiro atoms. The summed E-state index contributed by atoms with van der Waals surface area (Å²) in [5, 5.41) is 11.1. The van der Waals surface area contributed by atoms with Gasteiger partial charge < -0.3 is 14.6 Å². The fraction of sp³-hybridized carbons (Fsp3) is 0.348. The van der Waals surface area contributed by atoms with Crippen molar-refractivity contribution in [2.75, 3.05) is 20.8 Å². The number of fused-ring (bicyclic) bond motifs is 1. The number of rotatable bonds is 6. The van der Waals surface area contributed by atoms with Crippen molar-refractivity contribution in [2.45, 2.75) is 31.3 Å². The van der Waals surface area contributed by atoms with Crippen LogP contribution in [-0.2, 0) is 4.79 Å². The van der Waals surface area contributed by atoms with Gasteiger partial charge in [-0.05, 0) is 54.6 Å². The molecule has 29 heavy (non-hydrogen) atoms. The van der Waals surface area contributed by atoms with Gasteiger partial charge >= 0.3 is 5.97 Å². The standard InChI is InChI=1S/C23H25NO4S/c1-27-18-11-10-16(13-19(18)28-2)22(24-12-6-5-8-17(24)23(25)26)21-14-15-7-3-4-9-20(15)29-21/h3-4,7,9-11,13-14,17,22H,5-6,8,12H2,1-2H3,(H,25,26). The van der Waals surface area contributed by atoms with E-state index in [1.165, 1.54) is 10.1 Å². The fourth-order valence-electron chi connectivity index (χ4n) is 4.21. The molecule has 1 saturated heterocycles. The zero-order valence-corrected chi connectivity index (χ0v) is 17.4. The van der Waals surface area contributed by atoms with Gasteiger partial charge in [-0.25, -0.2) is 0 Å². The summed E-state index contributed by atoms with van der Waals surface area (Å²) in [5.74, 6) is 0.566. The zero-order chi connectivity index (χ0) is 20.4. The Hall–Kier alpha value is -2.57. The second kappa shape index (κ2) is 8.43. The van der Waals surface area contributed by atoms with Crippen molar-refractivity contribution in [1.82, 2.24) is 4.90 Å². The third kappa shape index (κ3) is 3.82. The van der Waals surface area contributed by atoms with Gasteiger partial charge in [0.1, 0.15) is 6.04 Å². The molecule has 2 unspecified atom stereocenters. The third-order valence-electron chi connectivity index (χ3n) is 5.60. The maximum atomic E-state index is 12.0. The number of benzene rings is 2. The summed E-state index contributed by atoms with van der Waals surface area (Å²) < 4.78 is 12.1. The van der Waals surface area contributed by atoms with E-state index in [2.05, 4.69) is 23.1 Å². The molecule has 1 aliphatic rings. The quantitative estimate of drug-likeness (QED) is 0.622. The summed E-state index contributed by atoms with van der Waals surface area (Å²) in [6, 6.07) is 15.7. The van der Waals surface area contributed by atoms with Gasteiger partial charge in [-0.15, -0.1) is 11.3 Å². The number of piperidine rings is 1. The highest BCUT2D eigenvalue weighted by atomic mass is 32.1. The predicted octanol–water partition coefficient (Wildman–Crippen LogP) is 4.95. The molecule has 0 aliphatic carbocycles. The van der Waals surface area contributed by atoms with E-state index in [0.717, 1.165) is 29.8 Å². The van der Waals surface area contributed by atoms with Crippen molar-refractivity contribution in [3.63, 3.8) is 0 Å². The van der Waals surface area contributed by atoms with Crippen LogP contribution in [0.15, 0.2) is 48.5 Å². The van der Waals surface area contributed by atoms with E-state index in [4.69, 9.17) is 9.47 Å². The Morgan fingerprint density at radius 1 is 1.10 bits per heavy atom. The lowest BCUT2D eigenvalue weighted by atomic mass is 9.95. The first-order valence-corrected chi connectivity index (χ1v) is 10.6. The fourth-order valence-corrected chi connectivity index (χ4v) is 5.42. The number of carboxylic acids is 1. The molecular formula is C23H25NO4S. The predicted molar refractivity (Wildman–Crippen MR) is 115 cm³/mol. The maximum absolute atomic E-state index is 12.0. The maximum Gasteiger partial charge on any atom is 0.320 e. The largest absolute Gasteiger partial charge is 0.493 e. The highest BCUT2D eigenvalue weighted by Crippen LogP contribution is 2.42. The van der Waals surface area contributed by atoms with Crippen LogP contribution >= 0.6 is 11.3 Å². The van der Waals surface area contributed by atoms with Gasteiger partial charge in [-0.3, -0.25) is 9.69 Å². The summed E-state index contributed by atoms with van der Waals surface area (Å²) in [5.41, 5.74) is 1.02. The average molecular weight is 412 g/mol. The Kier molecular flexibility index (Phi) is 5.74. The number of hydrogen-bond donors (Lipinski definition) is 1. The lowest BCUT2D eigenvalue weighted by Crippen LogP contribution is -2.46. The van der Waals surface area contributed by atoms with Crippen LogP contribution in [0.2, 0.25) is 0 Å². The second-order valence-corrected chi connectivity index (χ2v) is 8.41. The first-order valence-electron chi connectivity index (χ1n) is 9.81. The zero-order valence-electron chi connectivity index (χ0n) is 16.6. The van der Waals surface area contributed by atoms with Crippen LogP contribution in [0.25, 0.3) is 10.1 Å². The van der Waals surface area contributed by atoms with Crippen LogP contribution < -0.4 is 9.47 Å². The van der Waals surface area contributed by atoms with Gasteiger partial charge in [-0.2, -0.15) is 0 Å². The van der Waals surface area contributed by atoms with Gasteiger partial charge in [-0.1, -0.05) is 30.7 Å². The van der Waals surface area contributed by atoms with Gasteiger partial charge in [0.05, 0.1) is 20.3 Å². The molecule has 5 nitrogen and oxygen atoms in total. The van der Waals surface area contributed by atoms with Crippen LogP contribution in [-0.4, -0.2) is 42.8 Å². The number of ether oxygens (including phenoxy) is 2. The van der Waals surface area contributed by atoms with E-state index < -0.39 is 12.0 Å². The Morgan fingerprint density at radius 3 is 2.62 bits per heavy atom. The highest BCUT2D eigenvalue weighted by molar-refractivity contribution is 7.19. The van der Waals surface area contributed by atoms with E-state index in [0.29, 0.717) is 17.9 Å². The number of hydrogen-bond acceptors (Lipinski definition) is 5. The monoisotopic (exact) mass is 411 g/mol. The molecule has 1 N–H and O–H groups in total. The topological polar surface area (TPSA) is 59.0 Å². The molecule has 0 radical (unpaired) electrons. The number of nitrogens with zero attached hydrogens (tertiary/aromatic N) is 1. The van der Waals surface area contributed by atoms with E-state index in [9.17, 15) is 9.90 Å².